The van der Waals surface area contributed by atoms with E-state index in [1.807, 2.05) is 30.3 Å². The summed E-state index contributed by atoms with van der Waals surface area (Å²) in [4.78, 5) is 10.9. The molecule has 6 heteroatoms. The van der Waals surface area contributed by atoms with Crippen molar-refractivity contribution < 1.29 is 9.46 Å². The first-order valence-corrected chi connectivity index (χ1v) is 11.1. The molecule has 1 unspecified atom stereocenters. The van der Waals surface area contributed by atoms with E-state index in [4.69, 9.17) is 0 Å². The molecule has 3 aromatic carbocycles. The summed E-state index contributed by atoms with van der Waals surface area (Å²) < 4.78 is 15.8. The fourth-order valence-corrected chi connectivity index (χ4v) is 6.86. The Morgan fingerprint density at radius 3 is 1.96 bits per heavy atom. The molecule has 3 aromatic rings. The second-order valence-electron chi connectivity index (χ2n) is 5.17. The van der Waals surface area contributed by atoms with Gasteiger partial charge in [-0.3, -0.25) is 4.57 Å². The minimum Gasteiger partial charge on any atom is -0.338 e. The fourth-order valence-electron chi connectivity index (χ4n) is 2.52. The van der Waals surface area contributed by atoms with Crippen molar-refractivity contribution in [1.29, 1.82) is 0 Å². The van der Waals surface area contributed by atoms with Gasteiger partial charge in [-0.25, -0.2) is 0 Å². The van der Waals surface area contributed by atoms with Crippen molar-refractivity contribution in [2.45, 2.75) is 0 Å². The lowest BCUT2D eigenvalue weighted by Crippen LogP contribution is -2.17. The summed E-state index contributed by atoms with van der Waals surface area (Å²) >= 11 is 10.6. The Labute approximate surface area is 165 Å². The lowest BCUT2D eigenvalue weighted by atomic mass is 10.1. The highest BCUT2D eigenvalue weighted by molar-refractivity contribution is 9.11. The second kappa shape index (κ2) is 7.27. The number of benzene rings is 3. The summed E-state index contributed by atoms with van der Waals surface area (Å²) in [6, 6.07) is 19.8. The lowest BCUT2D eigenvalue weighted by molar-refractivity contribution is 0.501. The van der Waals surface area contributed by atoms with E-state index in [0.717, 1.165) is 24.5 Å². The Kier molecular flexibility index (Phi) is 5.48. The van der Waals surface area contributed by atoms with Gasteiger partial charge >= 0.3 is 0 Å². The van der Waals surface area contributed by atoms with Crippen molar-refractivity contribution in [1.82, 2.24) is 0 Å². The zero-order valence-corrected chi connectivity index (χ0v) is 17.9. The summed E-state index contributed by atoms with van der Waals surface area (Å²) in [5.74, 6) is 0. The average molecular weight is 531 g/mol. The molecular formula is C18H12Br3O2P. The SMILES string of the molecule is O=P(O)(c1ccccc1)c1ccccc1-c1c(Br)cc(Br)cc1Br. The van der Waals surface area contributed by atoms with E-state index in [1.165, 1.54) is 0 Å². The molecule has 0 saturated heterocycles. The molecule has 0 saturated carbocycles. The van der Waals surface area contributed by atoms with Gasteiger partial charge in [0, 0.05) is 29.6 Å². The maximum atomic E-state index is 13.2. The quantitative estimate of drug-likeness (QED) is 0.431. The van der Waals surface area contributed by atoms with Crippen LogP contribution < -0.4 is 10.6 Å². The minimum atomic E-state index is -3.71. The average Bonchev–Trinajstić information content (AvgIpc) is 2.55. The molecule has 1 atom stereocenters. The highest BCUT2D eigenvalue weighted by atomic mass is 79.9. The second-order valence-corrected chi connectivity index (χ2v) is 9.95. The van der Waals surface area contributed by atoms with Gasteiger partial charge in [-0.05, 0) is 35.9 Å². The molecule has 3 rings (SSSR count). The van der Waals surface area contributed by atoms with Crippen LogP contribution >= 0.6 is 55.2 Å². The third-order valence-electron chi connectivity index (χ3n) is 3.61. The lowest BCUT2D eigenvalue weighted by Gasteiger charge is -2.18. The molecular weight excluding hydrogens is 519 g/mol. The van der Waals surface area contributed by atoms with Crippen LogP contribution in [0.5, 0.6) is 0 Å². The van der Waals surface area contributed by atoms with Crippen LogP contribution in [0.3, 0.4) is 0 Å². The van der Waals surface area contributed by atoms with E-state index < -0.39 is 7.37 Å². The molecule has 0 aliphatic carbocycles. The maximum Gasteiger partial charge on any atom is 0.259 e. The standard InChI is InChI=1S/C18H12Br3O2P/c19-12-10-15(20)18(16(21)11-12)14-8-4-5-9-17(14)24(22,23)13-6-2-1-3-7-13/h1-11H,(H,22,23). The van der Waals surface area contributed by atoms with Gasteiger partial charge in [-0.2, -0.15) is 0 Å². The summed E-state index contributed by atoms with van der Waals surface area (Å²) in [5, 5.41) is 0.835. The predicted octanol–water partition coefficient (Wildman–Crippen LogP) is 5.86. The van der Waals surface area contributed by atoms with Crippen LogP contribution in [0.25, 0.3) is 11.1 Å². The van der Waals surface area contributed by atoms with Crippen molar-refractivity contribution in [2.75, 3.05) is 0 Å². The van der Waals surface area contributed by atoms with E-state index >= 15 is 0 Å². The normalized spacial score (nSPS) is 13.5. The zero-order chi connectivity index (χ0) is 17.3. The Morgan fingerprint density at radius 2 is 1.33 bits per heavy atom. The summed E-state index contributed by atoms with van der Waals surface area (Å²) in [7, 11) is -3.71. The summed E-state index contributed by atoms with van der Waals surface area (Å²) in [5.41, 5.74) is 1.57. The van der Waals surface area contributed by atoms with Gasteiger partial charge in [0.25, 0.3) is 7.37 Å². The number of halogens is 3. The van der Waals surface area contributed by atoms with Crippen molar-refractivity contribution in [2.24, 2.45) is 0 Å². The van der Waals surface area contributed by atoms with Gasteiger partial charge in [-0.1, -0.05) is 84.2 Å². The van der Waals surface area contributed by atoms with Gasteiger partial charge in [0.15, 0.2) is 0 Å². The van der Waals surface area contributed by atoms with Gasteiger partial charge < -0.3 is 4.89 Å². The first-order valence-electron chi connectivity index (χ1n) is 7.04. The highest BCUT2D eigenvalue weighted by Gasteiger charge is 2.28. The maximum absolute atomic E-state index is 13.2. The number of hydrogen-bond acceptors (Lipinski definition) is 1. The molecule has 0 heterocycles. The minimum absolute atomic E-state index is 0.417. The molecule has 1 N–H and O–H groups in total. The van der Waals surface area contributed by atoms with Crippen molar-refractivity contribution in [3.63, 3.8) is 0 Å². The van der Waals surface area contributed by atoms with Crippen LogP contribution in [0.1, 0.15) is 0 Å². The van der Waals surface area contributed by atoms with Crippen molar-refractivity contribution in [3.05, 3.63) is 80.1 Å². The van der Waals surface area contributed by atoms with Crippen molar-refractivity contribution in [3.8, 4) is 11.1 Å². The number of hydrogen-bond donors (Lipinski definition) is 1. The smallest absolute Gasteiger partial charge is 0.259 e. The molecule has 0 radical (unpaired) electrons. The van der Waals surface area contributed by atoms with E-state index in [2.05, 4.69) is 47.8 Å². The molecule has 2 nitrogen and oxygen atoms in total. The van der Waals surface area contributed by atoms with E-state index in [1.54, 1.807) is 36.4 Å². The molecule has 0 fully saturated rings. The van der Waals surface area contributed by atoms with E-state index in [0.29, 0.717) is 10.6 Å². The largest absolute Gasteiger partial charge is 0.338 e. The summed E-state index contributed by atoms with van der Waals surface area (Å²) in [6.07, 6.45) is 0. The van der Waals surface area contributed by atoms with Gasteiger partial charge in [0.05, 0.1) is 0 Å². The summed E-state index contributed by atoms with van der Waals surface area (Å²) in [6.45, 7) is 0. The molecule has 0 aliphatic rings. The van der Waals surface area contributed by atoms with Crippen LogP contribution in [0.4, 0.5) is 0 Å². The monoisotopic (exact) mass is 528 g/mol. The molecule has 0 spiro atoms. The Balaban J connectivity index is 2.26. The zero-order valence-electron chi connectivity index (χ0n) is 12.3. The first-order chi connectivity index (χ1) is 11.4. The molecule has 0 bridgehead atoms. The predicted molar refractivity (Wildman–Crippen MR) is 111 cm³/mol. The van der Waals surface area contributed by atoms with Crippen LogP contribution in [-0.4, -0.2) is 4.89 Å². The van der Waals surface area contributed by atoms with Gasteiger partial charge in [-0.15, -0.1) is 0 Å². The van der Waals surface area contributed by atoms with E-state index in [-0.39, 0.29) is 0 Å². The molecule has 0 amide bonds. The first kappa shape index (κ1) is 18.1. The fraction of sp³-hybridized carbons (Fsp3) is 0. The van der Waals surface area contributed by atoms with Crippen LogP contribution in [0, 0.1) is 0 Å². The third kappa shape index (κ3) is 3.47. The Bertz CT molecular complexity index is 919. The third-order valence-corrected chi connectivity index (χ3v) is 7.36. The Hall–Kier alpha value is -0.710. The molecule has 122 valence electrons. The molecule has 0 aliphatic heterocycles. The van der Waals surface area contributed by atoms with Crippen LogP contribution in [0.2, 0.25) is 0 Å². The Morgan fingerprint density at radius 1 is 0.792 bits per heavy atom. The topological polar surface area (TPSA) is 37.3 Å². The van der Waals surface area contributed by atoms with E-state index in [9.17, 15) is 9.46 Å². The highest BCUT2D eigenvalue weighted by Crippen LogP contribution is 2.45. The molecule has 24 heavy (non-hydrogen) atoms. The number of rotatable bonds is 3. The van der Waals surface area contributed by atoms with Gasteiger partial charge in [0.1, 0.15) is 0 Å². The van der Waals surface area contributed by atoms with Crippen LogP contribution in [-0.2, 0) is 4.57 Å². The molecule has 0 aromatic heterocycles. The van der Waals surface area contributed by atoms with Gasteiger partial charge in [0.2, 0.25) is 0 Å². The van der Waals surface area contributed by atoms with Crippen molar-refractivity contribution >= 4 is 65.8 Å². The van der Waals surface area contributed by atoms with Crippen LogP contribution in [0.15, 0.2) is 80.1 Å².